The first-order valence-electron chi connectivity index (χ1n) is 7.58. The molecule has 4 nitrogen and oxygen atoms in total. The standard InChI is InChI=1S/C17H22N2O2/c1-3-21-14-5-7-19(10-14)17-4-6-18-16-9-13(11-20)12(2)8-15(16)17/h4,6,8-9,14,20H,3,5,7,10-11H2,1-2H3. The van der Waals surface area contributed by atoms with Crippen LogP contribution in [-0.2, 0) is 11.3 Å². The molecule has 2 aromatic rings. The number of fused-ring (bicyclic) bond motifs is 1. The third-order valence-corrected chi connectivity index (χ3v) is 4.23. The molecule has 1 fully saturated rings. The highest BCUT2D eigenvalue weighted by molar-refractivity contribution is 5.92. The minimum absolute atomic E-state index is 0.0593. The van der Waals surface area contributed by atoms with Crippen molar-refractivity contribution in [2.24, 2.45) is 0 Å². The maximum atomic E-state index is 9.40. The number of aliphatic hydroxyl groups excluding tert-OH is 1. The van der Waals surface area contributed by atoms with Crippen LogP contribution < -0.4 is 4.90 Å². The molecule has 1 saturated heterocycles. The zero-order chi connectivity index (χ0) is 14.8. The average Bonchev–Trinajstić information content (AvgIpc) is 2.95. The van der Waals surface area contributed by atoms with Crippen LogP contribution in [0.2, 0.25) is 0 Å². The van der Waals surface area contributed by atoms with E-state index in [0.717, 1.165) is 48.1 Å². The first kappa shape index (κ1) is 14.3. The van der Waals surface area contributed by atoms with Crippen LogP contribution >= 0.6 is 0 Å². The Labute approximate surface area is 125 Å². The maximum absolute atomic E-state index is 9.40. The molecule has 0 radical (unpaired) electrons. The zero-order valence-corrected chi connectivity index (χ0v) is 12.7. The Hall–Kier alpha value is -1.65. The summed E-state index contributed by atoms with van der Waals surface area (Å²) in [6.45, 7) is 6.87. The van der Waals surface area contributed by atoms with E-state index in [1.165, 1.54) is 5.69 Å². The van der Waals surface area contributed by atoms with E-state index in [0.29, 0.717) is 6.10 Å². The molecule has 0 saturated carbocycles. The second-order valence-corrected chi connectivity index (χ2v) is 5.60. The van der Waals surface area contributed by atoms with Gasteiger partial charge in [0.25, 0.3) is 0 Å². The van der Waals surface area contributed by atoms with Gasteiger partial charge in [-0.25, -0.2) is 0 Å². The number of anilines is 1. The topological polar surface area (TPSA) is 45.6 Å². The van der Waals surface area contributed by atoms with Crippen molar-refractivity contribution in [3.8, 4) is 0 Å². The quantitative estimate of drug-likeness (QED) is 0.938. The fourth-order valence-electron chi connectivity index (χ4n) is 3.09. The summed E-state index contributed by atoms with van der Waals surface area (Å²) in [5.74, 6) is 0. The van der Waals surface area contributed by atoms with Gasteiger partial charge in [-0.2, -0.15) is 0 Å². The number of aryl methyl sites for hydroxylation is 1. The maximum Gasteiger partial charge on any atom is 0.0766 e. The largest absolute Gasteiger partial charge is 0.392 e. The van der Waals surface area contributed by atoms with Gasteiger partial charge in [0.15, 0.2) is 0 Å². The lowest BCUT2D eigenvalue weighted by Crippen LogP contribution is -2.23. The molecule has 21 heavy (non-hydrogen) atoms. The summed E-state index contributed by atoms with van der Waals surface area (Å²) < 4.78 is 5.74. The monoisotopic (exact) mass is 286 g/mol. The summed E-state index contributed by atoms with van der Waals surface area (Å²) in [6, 6.07) is 6.20. The Morgan fingerprint density at radius 3 is 3.05 bits per heavy atom. The molecule has 4 heteroatoms. The smallest absolute Gasteiger partial charge is 0.0766 e. The highest BCUT2D eigenvalue weighted by Crippen LogP contribution is 2.30. The van der Waals surface area contributed by atoms with Crippen molar-refractivity contribution >= 4 is 16.6 Å². The molecule has 1 aromatic heterocycles. The highest BCUT2D eigenvalue weighted by Gasteiger charge is 2.24. The fraction of sp³-hybridized carbons (Fsp3) is 0.471. The Bertz CT molecular complexity index is 642. The van der Waals surface area contributed by atoms with Gasteiger partial charge in [0.05, 0.1) is 18.2 Å². The normalized spacial score (nSPS) is 18.6. The first-order chi connectivity index (χ1) is 10.2. The third kappa shape index (κ3) is 2.74. The van der Waals surface area contributed by atoms with Gasteiger partial charge in [-0.05, 0) is 49.6 Å². The van der Waals surface area contributed by atoms with Crippen molar-refractivity contribution in [3.05, 3.63) is 35.5 Å². The van der Waals surface area contributed by atoms with Gasteiger partial charge in [0, 0.05) is 37.0 Å². The number of hydrogen-bond donors (Lipinski definition) is 1. The van der Waals surface area contributed by atoms with Crippen LogP contribution in [-0.4, -0.2) is 35.9 Å². The second-order valence-electron chi connectivity index (χ2n) is 5.60. The predicted molar refractivity (Wildman–Crippen MR) is 84.6 cm³/mol. The van der Waals surface area contributed by atoms with Crippen molar-refractivity contribution in [3.63, 3.8) is 0 Å². The van der Waals surface area contributed by atoms with Crippen molar-refractivity contribution < 1.29 is 9.84 Å². The summed E-state index contributed by atoms with van der Waals surface area (Å²) in [4.78, 5) is 6.83. The zero-order valence-electron chi connectivity index (χ0n) is 12.7. The minimum atomic E-state index is 0.0593. The van der Waals surface area contributed by atoms with Gasteiger partial charge in [-0.1, -0.05) is 0 Å². The molecule has 3 rings (SSSR count). The summed E-state index contributed by atoms with van der Waals surface area (Å²) >= 11 is 0. The summed E-state index contributed by atoms with van der Waals surface area (Å²) in [5.41, 5.74) is 4.22. The van der Waals surface area contributed by atoms with Crippen molar-refractivity contribution in [1.29, 1.82) is 0 Å². The second kappa shape index (κ2) is 6.00. The van der Waals surface area contributed by atoms with Gasteiger partial charge in [-0.3, -0.25) is 4.98 Å². The Balaban J connectivity index is 1.98. The Morgan fingerprint density at radius 1 is 1.43 bits per heavy atom. The van der Waals surface area contributed by atoms with Crippen LogP contribution in [0.1, 0.15) is 24.5 Å². The first-order valence-corrected chi connectivity index (χ1v) is 7.58. The number of aromatic nitrogens is 1. The van der Waals surface area contributed by atoms with Crippen LogP contribution in [0.25, 0.3) is 10.9 Å². The number of ether oxygens (including phenoxy) is 1. The molecule has 1 aliphatic rings. The highest BCUT2D eigenvalue weighted by atomic mass is 16.5. The van der Waals surface area contributed by atoms with Crippen LogP contribution in [0.15, 0.2) is 24.4 Å². The number of aliphatic hydroxyl groups is 1. The summed E-state index contributed by atoms with van der Waals surface area (Å²) in [7, 11) is 0. The molecular formula is C17H22N2O2. The molecule has 1 aliphatic heterocycles. The van der Waals surface area contributed by atoms with Crippen LogP contribution in [0.4, 0.5) is 5.69 Å². The lowest BCUT2D eigenvalue weighted by Gasteiger charge is -2.21. The van der Waals surface area contributed by atoms with Crippen molar-refractivity contribution in [2.75, 3.05) is 24.6 Å². The molecule has 0 spiro atoms. The molecule has 112 valence electrons. The molecule has 2 heterocycles. The van der Waals surface area contributed by atoms with Crippen molar-refractivity contribution in [1.82, 2.24) is 4.98 Å². The molecule has 0 aliphatic carbocycles. The molecule has 0 amide bonds. The van der Waals surface area contributed by atoms with Crippen LogP contribution in [0.5, 0.6) is 0 Å². The SMILES string of the molecule is CCOC1CCN(c2ccnc3cc(CO)c(C)cc23)C1. The molecular weight excluding hydrogens is 264 g/mol. The minimum Gasteiger partial charge on any atom is -0.392 e. The lowest BCUT2D eigenvalue weighted by molar-refractivity contribution is 0.0788. The summed E-state index contributed by atoms with van der Waals surface area (Å²) in [6.07, 6.45) is 3.25. The van der Waals surface area contributed by atoms with E-state index in [1.54, 1.807) is 0 Å². The number of nitrogens with zero attached hydrogens (tertiary/aromatic N) is 2. The molecule has 1 unspecified atom stereocenters. The van der Waals surface area contributed by atoms with Gasteiger partial charge < -0.3 is 14.7 Å². The van der Waals surface area contributed by atoms with Gasteiger partial charge >= 0.3 is 0 Å². The number of hydrogen-bond acceptors (Lipinski definition) is 4. The lowest BCUT2D eigenvalue weighted by atomic mass is 10.0. The van der Waals surface area contributed by atoms with E-state index in [2.05, 4.69) is 22.0 Å². The number of pyridine rings is 1. The van der Waals surface area contributed by atoms with Crippen molar-refractivity contribution in [2.45, 2.75) is 33.0 Å². The van der Waals surface area contributed by atoms with E-state index in [-0.39, 0.29) is 6.61 Å². The van der Waals surface area contributed by atoms with E-state index in [9.17, 15) is 5.11 Å². The van der Waals surface area contributed by atoms with E-state index < -0.39 is 0 Å². The van der Waals surface area contributed by atoms with Crippen LogP contribution in [0, 0.1) is 6.92 Å². The molecule has 0 bridgehead atoms. The Kier molecular flexibility index (Phi) is 4.08. The summed E-state index contributed by atoms with van der Waals surface area (Å²) in [5, 5.41) is 10.6. The van der Waals surface area contributed by atoms with Gasteiger partial charge in [0.2, 0.25) is 0 Å². The molecule has 1 atom stereocenters. The number of benzene rings is 1. The van der Waals surface area contributed by atoms with E-state index in [1.807, 2.05) is 26.1 Å². The number of rotatable bonds is 4. The van der Waals surface area contributed by atoms with Gasteiger partial charge in [0.1, 0.15) is 0 Å². The molecule has 1 aromatic carbocycles. The van der Waals surface area contributed by atoms with E-state index >= 15 is 0 Å². The fourth-order valence-corrected chi connectivity index (χ4v) is 3.09. The van der Waals surface area contributed by atoms with Gasteiger partial charge in [-0.15, -0.1) is 0 Å². The average molecular weight is 286 g/mol. The third-order valence-electron chi connectivity index (χ3n) is 4.23. The molecule has 1 N–H and O–H groups in total. The van der Waals surface area contributed by atoms with Crippen LogP contribution in [0.3, 0.4) is 0 Å². The van der Waals surface area contributed by atoms with E-state index in [4.69, 9.17) is 4.74 Å². The predicted octanol–water partition coefficient (Wildman–Crippen LogP) is 2.65. The Morgan fingerprint density at radius 2 is 2.29 bits per heavy atom.